The number of halogens is 1. The highest BCUT2D eigenvalue weighted by Crippen LogP contribution is 2.27. The molecule has 1 aliphatic carbocycles. The first kappa shape index (κ1) is 8.64. The third-order valence-electron chi connectivity index (χ3n) is 1.84. The summed E-state index contributed by atoms with van der Waals surface area (Å²) in [5, 5.41) is 0. The molecule has 0 saturated carbocycles. The molecule has 4 heteroatoms. The van der Waals surface area contributed by atoms with Crippen LogP contribution in [0.15, 0.2) is 24.1 Å². The zero-order valence-electron chi connectivity index (χ0n) is 6.29. The SMILES string of the molecule is NC(=O)C1(C=O)C=CC(F)=CC1. The average molecular weight is 169 g/mol. The maximum atomic E-state index is 12.4. The number of amides is 1. The van der Waals surface area contributed by atoms with Gasteiger partial charge in [-0.15, -0.1) is 0 Å². The Labute approximate surface area is 68.7 Å². The van der Waals surface area contributed by atoms with Crippen molar-refractivity contribution in [3.8, 4) is 0 Å². The van der Waals surface area contributed by atoms with E-state index in [-0.39, 0.29) is 6.42 Å². The second-order valence-corrected chi connectivity index (χ2v) is 2.65. The molecular formula is C8H8FNO2. The lowest BCUT2D eigenvalue weighted by Gasteiger charge is -2.20. The minimum Gasteiger partial charge on any atom is -0.369 e. The highest BCUT2D eigenvalue weighted by Gasteiger charge is 2.34. The Balaban J connectivity index is 2.95. The molecule has 0 bridgehead atoms. The smallest absolute Gasteiger partial charge is 0.235 e. The van der Waals surface area contributed by atoms with Gasteiger partial charge in [0.25, 0.3) is 0 Å². The van der Waals surface area contributed by atoms with E-state index in [4.69, 9.17) is 5.73 Å². The Morgan fingerprint density at radius 2 is 2.42 bits per heavy atom. The van der Waals surface area contributed by atoms with Crippen LogP contribution in [0.5, 0.6) is 0 Å². The van der Waals surface area contributed by atoms with Crippen LogP contribution in [0.3, 0.4) is 0 Å². The van der Waals surface area contributed by atoms with Crippen LogP contribution in [0, 0.1) is 5.41 Å². The van der Waals surface area contributed by atoms with E-state index in [0.29, 0.717) is 6.29 Å². The van der Waals surface area contributed by atoms with Gasteiger partial charge in [-0.05, 0) is 18.6 Å². The number of hydrogen-bond acceptors (Lipinski definition) is 2. The molecule has 1 aliphatic rings. The summed E-state index contributed by atoms with van der Waals surface area (Å²) in [6, 6.07) is 0. The summed E-state index contributed by atoms with van der Waals surface area (Å²) in [4.78, 5) is 21.3. The van der Waals surface area contributed by atoms with Gasteiger partial charge in [0.2, 0.25) is 5.91 Å². The molecule has 0 radical (unpaired) electrons. The normalized spacial score (nSPS) is 27.9. The first-order valence-corrected chi connectivity index (χ1v) is 3.42. The van der Waals surface area contributed by atoms with Crippen LogP contribution < -0.4 is 5.73 Å². The molecule has 0 fully saturated rings. The predicted molar refractivity (Wildman–Crippen MR) is 40.6 cm³/mol. The standard InChI is InChI=1S/C8H8FNO2/c9-6-1-3-8(5-11,4-2-6)7(10)12/h1-3,5H,4H2,(H2,10,12). The van der Waals surface area contributed by atoms with Crippen LogP contribution in [-0.2, 0) is 9.59 Å². The number of aldehydes is 1. The number of primary amides is 1. The number of hydrogen-bond donors (Lipinski definition) is 1. The van der Waals surface area contributed by atoms with Gasteiger partial charge in [-0.3, -0.25) is 4.79 Å². The van der Waals surface area contributed by atoms with E-state index >= 15 is 0 Å². The zero-order chi connectivity index (χ0) is 9.19. The highest BCUT2D eigenvalue weighted by atomic mass is 19.1. The summed E-state index contributed by atoms with van der Waals surface area (Å²) in [5.74, 6) is -1.20. The zero-order valence-corrected chi connectivity index (χ0v) is 6.29. The summed E-state index contributed by atoms with van der Waals surface area (Å²) < 4.78 is 12.4. The van der Waals surface area contributed by atoms with Gasteiger partial charge in [0.15, 0.2) is 0 Å². The van der Waals surface area contributed by atoms with Gasteiger partial charge >= 0.3 is 0 Å². The first-order chi connectivity index (χ1) is 5.60. The molecule has 0 spiro atoms. The van der Waals surface area contributed by atoms with Crippen LogP contribution in [0.2, 0.25) is 0 Å². The summed E-state index contributed by atoms with van der Waals surface area (Å²) in [6.45, 7) is 0. The van der Waals surface area contributed by atoms with Crippen LogP contribution >= 0.6 is 0 Å². The monoisotopic (exact) mass is 169 g/mol. The molecule has 1 unspecified atom stereocenters. The maximum Gasteiger partial charge on any atom is 0.235 e. The van der Waals surface area contributed by atoms with Crippen molar-refractivity contribution in [1.29, 1.82) is 0 Å². The quantitative estimate of drug-likeness (QED) is 0.482. The van der Waals surface area contributed by atoms with Gasteiger partial charge in [-0.2, -0.15) is 0 Å². The van der Waals surface area contributed by atoms with Gasteiger partial charge in [0.05, 0.1) is 0 Å². The molecule has 1 atom stereocenters. The fourth-order valence-corrected chi connectivity index (χ4v) is 0.959. The highest BCUT2D eigenvalue weighted by molar-refractivity contribution is 5.98. The van der Waals surface area contributed by atoms with E-state index in [0.717, 1.165) is 6.08 Å². The minimum atomic E-state index is -1.34. The predicted octanol–water partition coefficient (Wildman–Crippen LogP) is 0.470. The molecule has 0 heterocycles. The van der Waals surface area contributed by atoms with E-state index in [2.05, 4.69) is 0 Å². The molecule has 3 nitrogen and oxygen atoms in total. The fourth-order valence-electron chi connectivity index (χ4n) is 0.959. The van der Waals surface area contributed by atoms with E-state index in [1.807, 2.05) is 0 Å². The Hall–Kier alpha value is -1.45. The van der Waals surface area contributed by atoms with Crippen molar-refractivity contribution in [3.63, 3.8) is 0 Å². The molecule has 0 saturated heterocycles. The third kappa shape index (κ3) is 1.28. The van der Waals surface area contributed by atoms with Crippen molar-refractivity contribution in [3.05, 3.63) is 24.1 Å². The molecule has 1 rings (SSSR count). The largest absolute Gasteiger partial charge is 0.369 e. The first-order valence-electron chi connectivity index (χ1n) is 3.42. The lowest BCUT2D eigenvalue weighted by Crippen LogP contribution is -2.37. The summed E-state index contributed by atoms with van der Waals surface area (Å²) in [7, 11) is 0. The van der Waals surface area contributed by atoms with Gasteiger partial charge in [0.1, 0.15) is 17.5 Å². The van der Waals surface area contributed by atoms with Crippen LogP contribution in [0.1, 0.15) is 6.42 Å². The van der Waals surface area contributed by atoms with E-state index < -0.39 is 17.1 Å². The van der Waals surface area contributed by atoms with Crippen molar-refractivity contribution in [2.75, 3.05) is 0 Å². The van der Waals surface area contributed by atoms with Crippen molar-refractivity contribution in [1.82, 2.24) is 0 Å². The Kier molecular flexibility index (Phi) is 2.08. The lowest BCUT2D eigenvalue weighted by molar-refractivity contribution is -0.130. The molecule has 2 N–H and O–H groups in total. The minimum absolute atomic E-state index is 0.00810. The van der Waals surface area contributed by atoms with Crippen molar-refractivity contribution in [2.24, 2.45) is 11.1 Å². The van der Waals surface area contributed by atoms with Crippen LogP contribution in [0.4, 0.5) is 4.39 Å². The second kappa shape index (κ2) is 2.89. The van der Waals surface area contributed by atoms with E-state index in [9.17, 15) is 14.0 Å². The number of nitrogens with two attached hydrogens (primary N) is 1. The molecule has 64 valence electrons. The number of rotatable bonds is 2. The third-order valence-corrected chi connectivity index (χ3v) is 1.84. The molecule has 0 aromatic rings. The molecule has 1 amide bonds. The number of allylic oxidation sites excluding steroid dienone is 3. The summed E-state index contributed by atoms with van der Waals surface area (Å²) in [6.07, 6.45) is 3.88. The molecule has 0 aromatic heterocycles. The fraction of sp³-hybridized carbons (Fsp3) is 0.250. The van der Waals surface area contributed by atoms with Crippen molar-refractivity contribution >= 4 is 12.2 Å². The molecular weight excluding hydrogens is 161 g/mol. The average Bonchev–Trinajstić information content (AvgIpc) is 2.06. The van der Waals surface area contributed by atoms with E-state index in [1.165, 1.54) is 12.2 Å². The Morgan fingerprint density at radius 3 is 2.75 bits per heavy atom. The molecule has 12 heavy (non-hydrogen) atoms. The topological polar surface area (TPSA) is 60.2 Å². The summed E-state index contributed by atoms with van der Waals surface area (Å²) >= 11 is 0. The maximum absolute atomic E-state index is 12.4. The number of carbonyl (C=O) groups excluding carboxylic acids is 2. The van der Waals surface area contributed by atoms with Gasteiger partial charge in [-0.1, -0.05) is 6.08 Å². The van der Waals surface area contributed by atoms with Crippen molar-refractivity contribution in [2.45, 2.75) is 6.42 Å². The summed E-state index contributed by atoms with van der Waals surface area (Å²) in [5.41, 5.74) is 3.65. The van der Waals surface area contributed by atoms with E-state index in [1.54, 1.807) is 0 Å². The number of carbonyl (C=O) groups is 2. The van der Waals surface area contributed by atoms with Crippen LogP contribution in [0.25, 0.3) is 0 Å². The van der Waals surface area contributed by atoms with Crippen LogP contribution in [-0.4, -0.2) is 12.2 Å². The Bertz CT molecular complexity index is 283. The molecule has 0 aromatic carbocycles. The lowest BCUT2D eigenvalue weighted by atomic mass is 9.82. The van der Waals surface area contributed by atoms with Gasteiger partial charge in [-0.25, -0.2) is 4.39 Å². The van der Waals surface area contributed by atoms with Gasteiger partial charge < -0.3 is 10.5 Å². The second-order valence-electron chi connectivity index (χ2n) is 2.65. The van der Waals surface area contributed by atoms with Gasteiger partial charge in [0, 0.05) is 0 Å². The molecule has 0 aliphatic heterocycles. The van der Waals surface area contributed by atoms with Crippen molar-refractivity contribution < 1.29 is 14.0 Å². The Morgan fingerprint density at radius 1 is 1.75 bits per heavy atom.